The molecule has 0 aliphatic heterocycles. The van der Waals surface area contributed by atoms with E-state index in [2.05, 4.69) is 38.1 Å². The molecular weight excluding hydrogens is 182 g/mol. The van der Waals surface area contributed by atoms with Crippen LogP contribution in [-0.4, -0.2) is 5.54 Å². The summed E-state index contributed by atoms with van der Waals surface area (Å²) in [4.78, 5) is 0. The number of hydrogen-bond donors (Lipinski definition) is 1. The standard InChI is InChI=1S/C11H15N.ClH/c1-10(8-11(10,2)12)9-6-4-3-5-7-9;/h3-7H,8,12H2,1-2H3;1H. The Morgan fingerprint density at radius 3 is 2.00 bits per heavy atom. The van der Waals surface area contributed by atoms with Crippen LogP contribution in [-0.2, 0) is 5.41 Å². The van der Waals surface area contributed by atoms with E-state index in [1.807, 2.05) is 6.07 Å². The number of halogens is 1. The van der Waals surface area contributed by atoms with E-state index in [1.54, 1.807) is 0 Å². The fourth-order valence-electron chi connectivity index (χ4n) is 1.93. The van der Waals surface area contributed by atoms with Crippen molar-refractivity contribution in [2.45, 2.75) is 31.2 Å². The summed E-state index contributed by atoms with van der Waals surface area (Å²) >= 11 is 0. The van der Waals surface area contributed by atoms with Crippen molar-refractivity contribution in [1.29, 1.82) is 0 Å². The van der Waals surface area contributed by atoms with Crippen LogP contribution in [0.15, 0.2) is 30.3 Å². The van der Waals surface area contributed by atoms with Crippen molar-refractivity contribution in [3.63, 3.8) is 0 Å². The summed E-state index contributed by atoms with van der Waals surface area (Å²) in [5.41, 5.74) is 7.67. The number of nitrogens with two attached hydrogens (primary N) is 1. The minimum absolute atomic E-state index is 0. The van der Waals surface area contributed by atoms with Crippen LogP contribution in [0.4, 0.5) is 0 Å². The summed E-state index contributed by atoms with van der Waals surface area (Å²) in [6, 6.07) is 10.5. The average Bonchev–Trinajstić information content (AvgIpc) is 2.55. The van der Waals surface area contributed by atoms with Gasteiger partial charge >= 0.3 is 0 Å². The molecular formula is C11H16ClN. The first-order valence-corrected chi connectivity index (χ1v) is 4.41. The van der Waals surface area contributed by atoms with Gasteiger partial charge in [-0.15, -0.1) is 12.4 Å². The van der Waals surface area contributed by atoms with Gasteiger partial charge in [-0.1, -0.05) is 37.3 Å². The van der Waals surface area contributed by atoms with E-state index in [0.29, 0.717) is 0 Å². The highest BCUT2D eigenvalue weighted by Gasteiger charge is 2.59. The molecule has 1 aliphatic rings. The van der Waals surface area contributed by atoms with Gasteiger partial charge < -0.3 is 5.73 Å². The summed E-state index contributed by atoms with van der Waals surface area (Å²) in [7, 11) is 0. The molecule has 0 spiro atoms. The van der Waals surface area contributed by atoms with Gasteiger partial charge in [0.05, 0.1) is 0 Å². The zero-order valence-electron chi connectivity index (χ0n) is 8.08. The quantitative estimate of drug-likeness (QED) is 0.736. The summed E-state index contributed by atoms with van der Waals surface area (Å²) in [5, 5.41) is 0. The third-order valence-corrected chi connectivity index (χ3v) is 3.27. The maximum absolute atomic E-state index is 6.08. The molecule has 1 fully saturated rings. The lowest BCUT2D eigenvalue weighted by Gasteiger charge is -2.14. The molecule has 1 nitrogen and oxygen atoms in total. The Bertz CT molecular complexity index is 294. The Labute approximate surface area is 85.7 Å². The van der Waals surface area contributed by atoms with Crippen molar-refractivity contribution in [3.05, 3.63) is 35.9 Å². The lowest BCUT2D eigenvalue weighted by molar-refractivity contribution is 0.611. The summed E-state index contributed by atoms with van der Waals surface area (Å²) < 4.78 is 0. The fraction of sp³-hybridized carbons (Fsp3) is 0.455. The van der Waals surface area contributed by atoms with Crippen molar-refractivity contribution in [1.82, 2.24) is 0 Å². The number of rotatable bonds is 1. The van der Waals surface area contributed by atoms with Gasteiger partial charge in [0.15, 0.2) is 0 Å². The monoisotopic (exact) mass is 197 g/mol. The van der Waals surface area contributed by atoms with Crippen molar-refractivity contribution < 1.29 is 0 Å². The maximum Gasteiger partial charge on any atom is 0.0230 e. The van der Waals surface area contributed by atoms with Crippen molar-refractivity contribution in [2.75, 3.05) is 0 Å². The first kappa shape index (κ1) is 10.6. The normalized spacial score (nSPS) is 36.5. The molecule has 2 heteroatoms. The van der Waals surface area contributed by atoms with Gasteiger partial charge in [-0.2, -0.15) is 0 Å². The van der Waals surface area contributed by atoms with Crippen LogP contribution in [0, 0.1) is 0 Å². The second kappa shape index (κ2) is 3.00. The van der Waals surface area contributed by atoms with Crippen LogP contribution < -0.4 is 5.73 Å². The Balaban J connectivity index is 0.000000845. The first-order chi connectivity index (χ1) is 5.56. The predicted molar refractivity (Wildman–Crippen MR) is 58.3 cm³/mol. The van der Waals surface area contributed by atoms with Crippen LogP contribution in [0.2, 0.25) is 0 Å². The molecule has 1 aromatic carbocycles. The molecule has 0 heterocycles. The average molecular weight is 198 g/mol. The van der Waals surface area contributed by atoms with E-state index < -0.39 is 0 Å². The van der Waals surface area contributed by atoms with E-state index in [4.69, 9.17) is 5.73 Å². The van der Waals surface area contributed by atoms with E-state index >= 15 is 0 Å². The van der Waals surface area contributed by atoms with Crippen LogP contribution >= 0.6 is 12.4 Å². The highest BCUT2D eigenvalue weighted by Crippen LogP contribution is 2.55. The van der Waals surface area contributed by atoms with E-state index in [1.165, 1.54) is 5.56 Å². The Morgan fingerprint density at radius 2 is 1.62 bits per heavy atom. The van der Waals surface area contributed by atoms with Crippen LogP contribution in [0.5, 0.6) is 0 Å². The van der Waals surface area contributed by atoms with Crippen molar-refractivity contribution >= 4 is 12.4 Å². The molecule has 0 amide bonds. The minimum Gasteiger partial charge on any atom is -0.325 e. The smallest absolute Gasteiger partial charge is 0.0230 e. The molecule has 0 radical (unpaired) electrons. The number of benzene rings is 1. The third kappa shape index (κ3) is 1.47. The van der Waals surface area contributed by atoms with Gasteiger partial charge in [-0.3, -0.25) is 0 Å². The van der Waals surface area contributed by atoms with E-state index in [0.717, 1.165) is 6.42 Å². The third-order valence-electron chi connectivity index (χ3n) is 3.27. The lowest BCUT2D eigenvalue weighted by atomic mass is 9.94. The molecule has 2 atom stereocenters. The topological polar surface area (TPSA) is 26.0 Å². The molecule has 1 saturated carbocycles. The predicted octanol–water partition coefficient (Wildman–Crippen LogP) is 2.49. The minimum atomic E-state index is 0. The SMILES string of the molecule is CC1(N)CC1(C)c1ccccc1.Cl. The molecule has 13 heavy (non-hydrogen) atoms. The highest BCUT2D eigenvalue weighted by molar-refractivity contribution is 5.85. The first-order valence-electron chi connectivity index (χ1n) is 4.41. The van der Waals surface area contributed by atoms with Gasteiger partial charge in [0.2, 0.25) is 0 Å². The Kier molecular flexibility index (Phi) is 2.44. The summed E-state index contributed by atoms with van der Waals surface area (Å²) in [5.74, 6) is 0. The summed E-state index contributed by atoms with van der Waals surface area (Å²) in [6.07, 6.45) is 1.10. The van der Waals surface area contributed by atoms with E-state index in [9.17, 15) is 0 Å². The van der Waals surface area contributed by atoms with Crippen molar-refractivity contribution in [2.24, 2.45) is 5.73 Å². The van der Waals surface area contributed by atoms with Gasteiger partial charge in [0, 0.05) is 11.0 Å². The molecule has 2 rings (SSSR count). The van der Waals surface area contributed by atoms with Crippen LogP contribution in [0.1, 0.15) is 25.8 Å². The van der Waals surface area contributed by atoms with Gasteiger partial charge in [-0.25, -0.2) is 0 Å². The molecule has 2 unspecified atom stereocenters. The molecule has 0 aromatic heterocycles. The molecule has 0 bridgehead atoms. The molecule has 1 aliphatic carbocycles. The lowest BCUT2D eigenvalue weighted by Crippen LogP contribution is -2.27. The largest absolute Gasteiger partial charge is 0.325 e. The van der Waals surface area contributed by atoms with Gasteiger partial charge in [0.25, 0.3) is 0 Å². The fourth-order valence-corrected chi connectivity index (χ4v) is 1.93. The van der Waals surface area contributed by atoms with Crippen LogP contribution in [0.25, 0.3) is 0 Å². The molecule has 72 valence electrons. The van der Waals surface area contributed by atoms with Crippen LogP contribution in [0.3, 0.4) is 0 Å². The molecule has 1 aromatic rings. The zero-order chi connectivity index (χ0) is 8.82. The van der Waals surface area contributed by atoms with Crippen molar-refractivity contribution in [3.8, 4) is 0 Å². The highest BCUT2D eigenvalue weighted by atomic mass is 35.5. The van der Waals surface area contributed by atoms with Gasteiger partial charge in [-0.05, 0) is 18.9 Å². The summed E-state index contributed by atoms with van der Waals surface area (Å²) in [6.45, 7) is 4.36. The molecule has 0 saturated heterocycles. The Morgan fingerprint density at radius 1 is 1.15 bits per heavy atom. The number of hydrogen-bond acceptors (Lipinski definition) is 1. The second-order valence-corrected chi connectivity index (χ2v) is 4.29. The van der Waals surface area contributed by atoms with E-state index in [-0.39, 0.29) is 23.4 Å². The second-order valence-electron chi connectivity index (χ2n) is 4.29. The maximum atomic E-state index is 6.08. The zero-order valence-corrected chi connectivity index (χ0v) is 8.90. The molecule has 2 N–H and O–H groups in total. The Hall–Kier alpha value is -0.530. The van der Waals surface area contributed by atoms with Gasteiger partial charge in [0.1, 0.15) is 0 Å².